The zero-order chi connectivity index (χ0) is 36.6. The molecule has 4 rings (SSSR count). The Balaban J connectivity index is 1.77. The van der Waals surface area contributed by atoms with E-state index in [1.54, 1.807) is 70.7 Å². The first-order chi connectivity index (χ1) is 23.5. The maximum atomic E-state index is 14.9. The van der Waals surface area contributed by atoms with E-state index in [9.17, 15) is 19.2 Å². The highest BCUT2D eigenvalue weighted by atomic mass is 16.6. The highest BCUT2D eigenvalue weighted by Gasteiger charge is 2.48. The fraction of sp³-hybridized carbons (Fsp3) is 0.415. The van der Waals surface area contributed by atoms with Gasteiger partial charge in [0.25, 0.3) is 0 Å². The van der Waals surface area contributed by atoms with Gasteiger partial charge in [-0.3, -0.25) is 9.59 Å². The van der Waals surface area contributed by atoms with Crippen LogP contribution in [0.4, 0.5) is 4.79 Å². The second-order valence-electron chi connectivity index (χ2n) is 14.9. The summed E-state index contributed by atoms with van der Waals surface area (Å²) in [4.78, 5) is 57.8. The average molecular weight is 680 g/mol. The van der Waals surface area contributed by atoms with Crippen molar-refractivity contribution in [2.45, 2.75) is 103 Å². The monoisotopic (exact) mass is 679 g/mol. The lowest BCUT2D eigenvalue weighted by atomic mass is 9.98. The molecule has 1 aliphatic rings. The maximum Gasteiger partial charge on any atom is 0.408 e. The van der Waals surface area contributed by atoms with Crippen molar-refractivity contribution in [2.24, 2.45) is 5.92 Å². The van der Waals surface area contributed by atoms with Crippen molar-refractivity contribution < 1.29 is 28.7 Å². The van der Waals surface area contributed by atoms with E-state index in [1.165, 1.54) is 0 Å². The maximum absolute atomic E-state index is 14.9. The van der Waals surface area contributed by atoms with Gasteiger partial charge in [-0.25, -0.2) is 9.59 Å². The molecule has 0 aliphatic heterocycles. The summed E-state index contributed by atoms with van der Waals surface area (Å²) in [6.07, 6.45) is 5.89. The summed E-state index contributed by atoms with van der Waals surface area (Å²) >= 11 is 0. The van der Waals surface area contributed by atoms with Gasteiger partial charge in [0.15, 0.2) is 0 Å². The Hall–Kier alpha value is -5.10. The lowest BCUT2D eigenvalue weighted by Gasteiger charge is -2.36. The van der Waals surface area contributed by atoms with Crippen molar-refractivity contribution in [3.05, 3.63) is 107 Å². The first-order valence-corrected chi connectivity index (χ1v) is 17.0. The van der Waals surface area contributed by atoms with E-state index in [1.807, 2.05) is 67.6 Å². The fourth-order valence-corrected chi connectivity index (χ4v) is 5.72. The molecule has 264 valence electrons. The Morgan fingerprint density at radius 3 is 1.74 bits per heavy atom. The highest BCUT2D eigenvalue weighted by Crippen LogP contribution is 2.41. The molecular formula is C41H49N3O6. The molecule has 0 spiro atoms. The second kappa shape index (κ2) is 16.1. The van der Waals surface area contributed by atoms with Crippen LogP contribution in [0.5, 0.6) is 0 Å². The van der Waals surface area contributed by atoms with Crippen LogP contribution in [0.3, 0.4) is 0 Å². The largest absolute Gasteiger partial charge is 0.458 e. The summed E-state index contributed by atoms with van der Waals surface area (Å²) in [6.45, 7) is 12.5. The van der Waals surface area contributed by atoms with E-state index >= 15 is 0 Å². The van der Waals surface area contributed by atoms with Gasteiger partial charge in [-0.1, -0.05) is 85.6 Å². The van der Waals surface area contributed by atoms with E-state index in [0.717, 1.165) is 11.1 Å². The molecule has 1 aliphatic carbocycles. The van der Waals surface area contributed by atoms with Crippen molar-refractivity contribution in [3.8, 4) is 12.3 Å². The molecule has 50 heavy (non-hydrogen) atoms. The molecule has 3 aromatic rings. The molecule has 5 unspecified atom stereocenters. The van der Waals surface area contributed by atoms with Gasteiger partial charge >= 0.3 is 12.1 Å². The van der Waals surface area contributed by atoms with Gasteiger partial charge in [0.05, 0.1) is 0 Å². The molecule has 0 saturated heterocycles. The van der Waals surface area contributed by atoms with Gasteiger partial charge in [0.1, 0.15) is 29.3 Å². The zero-order valence-corrected chi connectivity index (χ0v) is 30.1. The zero-order valence-electron chi connectivity index (χ0n) is 30.1. The van der Waals surface area contributed by atoms with Crippen molar-refractivity contribution in [3.63, 3.8) is 0 Å². The standard InChI is InChI=1S/C41H49N3O6/c1-9-28-20-22-31(23-21-28)35(36(45)42-33(38(47)49-40(3,4)5)26-30-18-14-11-15-19-30)44(34-24-27(34)2)37(46)32(25-29-16-12-10-13-17-29)43-39(48)50-41(6,7)8/h1,10-23,27,32-35H,24-26H2,2-8H3,(H,42,45)(H,43,48). The third-order valence-corrected chi connectivity index (χ3v) is 8.16. The molecular weight excluding hydrogens is 630 g/mol. The average Bonchev–Trinajstić information content (AvgIpc) is 3.77. The molecule has 0 radical (unpaired) electrons. The van der Waals surface area contributed by atoms with Crippen LogP contribution in [-0.2, 0) is 36.7 Å². The minimum atomic E-state index is -1.16. The molecule has 9 nitrogen and oxygen atoms in total. The number of esters is 1. The minimum absolute atomic E-state index is 0.0871. The van der Waals surface area contributed by atoms with Gasteiger partial charge in [-0.15, -0.1) is 6.42 Å². The van der Waals surface area contributed by atoms with Crippen molar-refractivity contribution in [2.75, 3.05) is 0 Å². The Morgan fingerprint density at radius 2 is 1.28 bits per heavy atom. The number of alkyl carbamates (subject to hydrolysis) is 1. The Morgan fingerprint density at radius 1 is 0.780 bits per heavy atom. The fourth-order valence-electron chi connectivity index (χ4n) is 5.72. The lowest BCUT2D eigenvalue weighted by molar-refractivity contribution is -0.159. The van der Waals surface area contributed by atoms with Gasteiger partial charge in [0, 0.05) is 24.4 Å². The van der Waals surface area contributed by atoms with E-state index in [-0.39, 0.29) is 24.8 Å². The van der Waals surface area contributed by atoms with Gasteiger partial charge in [-0.2, -0.15) is 0 Å². The molecule has 1 saturated carbocycles. The molecule has 2 N–H and O–H groups in total. The first-order valence-electron chi connectivity index (χ1n) is 17.0. The highest BCUT2D eigenvalue weighted by molar-refractivity contribution is 5.94. The third-order valence-electron chi connectivity index (χ3n) is 8.16. The first kappa shape index (κ1) is 37.7. The SMILES string of the molecule is C#Cc1ccc(C(C(=O)NC(Cc2ccccc2)C(=O)OC(C)(C)C)N(C(=O)C(Cc2ccccc2)NC(=O)OC(C)(C)C)C2CC2C)cc1. The van der Waals surface area contributed by atoms with Gasteiger partial charge < -0.3 is 25.0 Å². The van der Waals surface area contributed by atoms with E-state index in [4.69, 9.17) is 15.9 Å². The Kier molecular flexibility index (Phi) is 12.1. The summed E-state index contributed by atoms with van der Waals surface area (Å²) in [6, 6.07) is 22.0. The summed E-state index contributed by atoms with van der Waals surface area (Å²) in [5.41, 5.74) is 1.16. The Labute approximate surface area is 296 Å². The van der Waals surface area contributed by atoms with Gasteiger partial charge in [0.2, 0.25) is 11.8 Å². The smallest absolute Gasteiger partial charge is 0.408 e. The Bertz CT molecular complexity index is 1670. The van der Waals surface area contributed by atoms with Crippen LogP contribution in [0.1, 0.15) is 83.2 Å². The second-order valence-corrected chi connectivity index (χ2v) is 14.9. The van der Waals surface area contributed by atoms with E-state index in [2.05, 4.69) is 16.6 Å². The van der Waals surface area contributed by atoms with Crippen LogP contribution in [0.15, 0.2) is 84.9 Å². The number of ether oxygens (including phenoxy) is 2. The minimum Gasteiger partial charge on any atom is -0.458 e. The number of carbonyl (C=O) groups excluding carboxylic acids is 4. The molecule has 1 fully saturated rings. The van der Waals surface area contributed by atoms with Crippen molar-refractivity contribution in [1.82, 2.24) is 15.5 Å². The number of nitrogens with zero attached hydrogens (tertiary/aromatic N) is 1. The van der Waals surface area contributed by atoms with E-state index in [0.29, 0.717) is 17.5 Å². The molecule has 3 amide bonds. The van der Waals surface area contributed by atoms with Crippen LogP contribution in [0.2, 0.25) is 0 Å². The normalized spacial score (nSPS) is 17.2. The molecule has 0 bridgehead atoms. The summed E-state index contributed by atoms with van der Waals surface area (Å²) in [7, 11) is 0. The van der Waals surface area contributed by atoms with Gasteiger partial charge in [-0.05, 0) is 82.7 Å². The lowest BCUT2D eigenvalue weighted by Crippen LogP contribution is -2.56. The quantitative estimate of drug-likeness (QED) is 0.175. The van der Waals surface area contributed by atoms with Crippen LogP contribution >= 0.6 is 0 Å². The molecule has 5 atom stereocenters. The predicted octanol–water partition coefficient (Wildman–Crippen LogP) is 6.15. The van der Waals surface area contributed by atoms with Crippen LogP contribution in [0, 0.1) is 18.3 Å². The number of benzene rings is 3. The van der Waals surface area contributed by atoms with Crippen molar-refractivity contribution >= 4 is 23.9 Å². The number of hydrogen-bond acceptors (Lipinski definition) is 6. The number of nitrogens with one attached hydrogen (secondary N) is 2. The predicted molar refractivity (Wildman–Crippen MR) is 193 cm³/mol. The molecule has 0 aromatic heterocycles. The van der Waals surface area contributed by atoms with E-state index < -0.39 is 53.2 Å². The topological polar surface area (TPSA) is 114 Å². The number of rotatable bonds is 12. The van der Waals surface area contributed by atoms with Crippen LogP contribution in [-0.4, -0.2) is 58.1 Å². The number of carbonyl (C=O) groups is 4. The molecule has 9 heteroatoms. The van der Waals surface area contributed by atoms with Crippen LogP contribution in [0.25, 0.3) is 0 Å². The molecule has 3 aromatic carbocycles. The summed E-state index contributed by atoms with van der Waals surface area (Å²) < 4.78 is 11.3. The molecule has 0 heterocycles. The number of amides is 3. The summed E-state index contributed by atoms with van der Waals surface area (Å²) in [5.74, 6) is 1.07. The number of terminal acetylenes is 1. The third kappa shape index (κ3) is 11.0. The number of hydrogen-bond donors (Lipinski definition) is 2. The van der Waals surface area contributed by atoms with Crippen molar-refractivity contribution in [1.29, 1.82) is 0 Å². The van der Waals surface area contributed by atoms with Crippen LogP contribution < -0.4 is 10.6 Å². The summed E-state index contributed by atoms with van der Waals surface area (Å²) in [5, 5.41) is 5.74.